The first-order chi connectivity index (χ1) is 23.3. The molecule has 10 rings (SSSR count). The van der Waals surface area contributed by atoms with Crippen molar-refractivity contribution in [2.24, 2.45) is 0 Å². The van der Waals surface area contributed by atoms with Crippen molar-refractivity contribution in [2.45, 2.75) is 9.79 Å². The SMILES string of the molecule is c1ccc(N(c2ccccc2)c2cc3c4c(c2)N(c2ccccc2)c2cccc5c2B4c2c(cccc2N3c2ccccc2)S5)cc1. The van der Waals surface area contributed by atoms with Crippen molar-refractivity contribution in [3.05, 3.63) is 170 Å². The molecule has 0 amide bonds. The molecule has 0 spiro atoms. The average Bonchev–Trinajstić information content (AvgIpc) is 3.13. The first-order valence-electron chi connectivity index (χ1n) is 16.1. The molecule has 47 heavy (non-hydrogen) atoms. The topological polar surface area (TPSA) is 9.72 Å². The van der Waals surface area contributed by atoms with Gasteiger partial charge in [0.05, 0.1) is 5.69 Å². The lowest BCUT2D eigenvalue weighted by Crippen LogP contribution is -2.63. The number of rotatable bonds is 5. The van der Waals surface area contributed by atoms with Gasteiger partial charge in [-0.2, -0.15) is 0 Å². The van der Waals surface area contributed by atoms with Crippen molar-refractivity contribution in [2.75, 3.05) is 14.7 Å². The highest BCUT2D eigenvalue weighted by atomic mass is 32.2. The Morgan fingerprint density at radius 3 is 1.26 bits per heavy atom. The van der Waals surface area contributed by atoms with Crippen LogP contribution in [0, 0.1) is 0 Å². The largest absolute Gasteiger partial charge is 0.311 e. The highest BCUT2D eigenvalue weighted by Gasteiger charge is 2.47. The Hall–Kier alpha value is -5.65. The van der Waals surface area contributed by atoms with Gasteiger partial charge in [-0.25, -0.2) is 0 Å². The van der Waals surface area contributed by atoms with Crippen LogP contribution in [0.1, 0.15) is 0 Å². The zero-order valence-electron chi connectivity index (χ0n) is 25.5. The Labute approximate surface area is 279 Å². The van der Waals surface area contributed by atoms with Crippen molar-refractivity contribution >= 4 is 86.0 Å². The number of hydrogen-bond acceptors (Lipinski definition) is 4. The molecule has 0 saturated heterocycles. The lowest BCUT2D eigenvalue weighted by Gasteiger charge is -2.47. The van der Waals surface area contributed by atoms with Crippen LogP contribution in [0.2, 0.25) is 0 Å². The van der Waals surface area contributed by atoms with Crippen molar-refractivity contribution in [3.8, 4) is 0 Å². The molecule has 0 N–H and O–H groups in total. The molecule has 0 bridgehead atoms. The number of nitrogens with zero attached hydrogens (tertiary/aromatic N) is 3. The summed E-state index contributed by atoms with van der Waals surface area (Å²) in [6, 6.07) is 61.7. The van der Waals surface area contributed by atoms with E-state index < -0.39 is 0 Å². The predicted molar refractivity (Wildman–Crippen MR) is 199 cm³/mol. The maximum absolute atomic E-state index is 2.49. The molecule has 0 unspecified atom stereocenters. The summed E-state index contributed by atoms with van der Waals surface area (Å²) >= 11 is 1.90. The fourth-order valence-electron chi connectivity index (χ4n) is 7.74. The maximum Gasteiger partial charge on any atom is 0.255 e. The first kappa shape index (κ1) is 26.6. The summed E-state index contributed by atoms with van der Waals surface area (Å²) < 4.78 is 0. The van der Waals surface area contributed by atoms with Gasteiger partial charge in [-0.3, -0.25) is 0 Å². The Kier molecular flexibility index (Phi) is 5.90. The van der Waals surface area contributed by atoms with Crippen LogP contribution in [0.5, 0.6) is 0 Å². The molecule has 5 heteroatoms. The van der Waals surface area contributed by atoms with Crippen molar-refractivity contribution < 1.29 is 0 Å². The second kappa shape index (κ2) is 10.4. The van der Waals surface area contributed by atoms with Crippen LogP contribution in [0.25, 0.3) is 0 Å². The van der Waals surface area contributed by atoms with Crippen molar-refractivity contribution in [1.29, 1.82) is 0 Å². The van der Waals surface area contributed by atoms with Crippen LogP contribution in [0.3, 0.4) is 0 Å². The van der Waals surface area contributed by atoms with Gasteiger partial charge in [0.25, 0.3) is 6.71 Å². The molecule has 220 valence electrons. The third kappa shape index (κ3) is 3.97. The third-order valence-electron chi connectivity index (χ3n) is 9.57. The van der Waals surface area contributed by atoms with Crippen molar-refractivity contribution in [1.82, 2.24) is 0 Å². The highest BCUT2D eigenvalue weighted by Crippen LogP contribution is 2.50. The van der Waals surface area contributed by atoms with Crippen molar-refractivity contribution in [3.63, 3.8) is 0 Å². The fourth-order valence-corrected chi connectivity index (χ4v) is 8.93. The Bertz CT molecular complexity index is 2140. The molecule has 7 aromatic carbocycles. The van der Waals surface area contributed by atoms with Crippen LogP contribution >= 0.6 is 11.8 Å². The summed E-state index contributed by atoms with van der Waals surface area (Å²) in [6.07, 6.45) is 0. The average molecular weight is 618 g/mol. The lowest BCUT2D eigenvalue weighted by atomic mass is 9.33. The highest BCUT2D eigenvalue weighted by molar-refractivity contribution is 8.00. The van der Waals surface area contributed by atoms with E-state index >= 15 is 0 Å². The van der Waals surface area contributed by atoms with E-state index in [1.54, 1.807) is 0 Å². The van der Waals surface area contributed by atoms with E-state index in [9.17, 15) is 0 Å². The fraction of sp³-hybridized carbons (Fsp3) is 0. The maximum atomic E-state index is 2.49. The number of anilines is 9. The minimum atomic E-state index is 0.134. The smallest absolute Gasteiger partial charge is 0.255 e. The molecule has 3 nitrogen and oxygen atoms in total. The zero-order chi connectivity index (χ0) is 30.9. The standard InChI is InChI=1S/C42H28BN3S/c1-5-15-29(16-6-1)44(30-17-7-2-8-18-30)33-27-36-40-37(28-33)46(32-21-11-4-12-22-32)35-24-14-26-39-42(35)43(40)41-34(23-13-25-38(41)47-39)45(36)31-19-9-3-10-20-31/h1-28H. The summed E-state index contributed by atoms with van der Waals surface area (Å²) in [5.41, 5.74) is 14.7. The first-order valence-corrected chi connectivity index (χ1v) is 16.9. The molecule has 0 fully saturated rings. The molecule has 3 aliphatic heterocycles. The summed E-state index contributed by atoms with van der Waals surface area (Å²) in [5.74, 6) is 0. The normalized spacial score (nSPS) is 13.3. The van der Waals surface area contributed by atoms with Crippen LogP contribution < -0.4 is 31.1 Å². The molecule has 7 aromatic rings. The molecule has 0 aromatic heterocycles. The minimum absolute atomic E-state index is 0.134. The number of para-hydroxylation sites is 4. The van der Waals surface area contributed by atoms with Gasteiger partial charge in [0.2, 0.25) is 0 Å². The summed E-state index contributed by atoms with van der Waals surface area (Å²) in [7, 11) is 0. The van der Waals surface area contributed by atoms with E-state index in [0.29, 0.717) is 0 Å². The van der Waals surface area contributed by atoms with Crippen LogP contribution in [0.15, 0.2) is 180 Å². The summed E-state index contributed by atoms with van der Waals surface area (Å²) in [6.45, 7) is 0.134. The molecule has 3 heterocycles. The van der Waals surface area contributed by atoms with Gasteiger partial charge in [-0.1, -0.05) is 96.7 Å². The Balaban J connectivity index is 1.35. The van der Waals surface area contributed by atoms with E-state index in [2.05, 4.69) is 185 Å². The number of hydrogen-bond donors (Lipinski definition) is 0. The minimum Gasteiger partial charge on any atom is -0.311 e. The molecule has 0 aliphatic carbocycles. The van der Waals surface area contributed by atoms with E-state index in [1.807, 2.05) is 11.8 Å². The quantitative estimate of drug-likeness (QED) is 0.178. The second-order valence-corrected chi connectivity index (χ2v) is 13.2. The monoisotopic (exact) mass is 617 g/mol. The molecule has 0 radical (unpaired) electrons. The van der Waals surface area contributed by atoms with Gasteiger partial charge < -0.3 is 14.7 Å². The molecule has 0 atom stereocenters. The molecular formula is C42H28BN3S. The Morgan fingerprint density at radius 2 is 0.809 bits per heavy atom. The van der Waals surface area contributed by atoms with E-state index in [4.69, 9.17) is 0 Å². The third-order valence-corrected chi connectivity index (χ3v) is 10.7. The van der Waals surface area contributed by atoms with Gasteiger partial charge >= 0.3 is 0 Å². The summed E-state index contributed by atoms with van der Waals surface area (Å²) in [5, 5.41) is 0. The van der Waals surface area contributed by atoms with E-state index in [0.717, 1.165) is 28.4 Å². The number of benzene rings is 7. The van der Waals surface area contributed by atoms with Crippen LogP contribution in [-0.4, -0.2) is 6.71 Å². The second-order valence-electron chi connectivity index (χ2n) is 12.2. The van der Waals surface area contributed by atoms with Gasteiger partial charge in [0.1, 0.15) is 0 Å². The van der Waals surface area contributed by atoms with Crippen LogP contribution in [-0.2, 0) is 0 Å². The van der Waals surface area contributed by atoms with E-state index in [-0.39, 0.29) is 6.71 Å². The lowest BCUT2D eigenvalue weighted by molar-refractivity contribution is 1.21. The Morgan fingerprint density at radius 1 is 0.383 bits per heavy atom. The molecular weight excluding hydrogens is 589 g/mol. The molecule has 3 aliphatic rings. The van der Waals surface area contributed by atoms with Gasteiger partial charge in [0.15, 0.2) is 0 Å². The van der Waals surface area contributed by atoms with Crippen LogP contribution in [0.4, 0.5) is 51.2 Å². The predicted octanol–water partition coefficient (Wildman–Crippen LogP) is 9.70. The van der Waals surface area contributed by atoms with Gasteiger partial charge in [-0.05, 0) is 101 Å². The van der Waals surface area contributed by atoms with Gasteiger partial charge in [-0.15, -0.1) is 0 Å². The zero-order valence-corrected chi connectivity index (χ0v) is 26.3. The van der Waals surface area contributed by atoms with E-state index in [1.165, 1.54) is 48.9 Å². The summed E-state index contributed by atoms with van der Waals surface area (Å²) in [4.78, 5) is 10.0. The molecule has 0 saturated carbocycles. The van der Waals surface area contributed by atoms with Gasteiger partial charge in [0, 0.05) is 55.3 Å².